The summed E-state index contributed by atoms with van der Waals surface area (Å²) in [6.07, 6.45) is 36.2. The van der Waals surface area contributed by atoms with E-state index in [1.165, 1.54) is 141 Å². The van der Waals surface area contributed by atoms with Crippen molar-refractivity contribution in [2.75, 3.05) is 0 Å². The third-order valence-corrected chi connectivity index (χ3v) is 12.4. The van der Waals surface area contributed by atoms with Gasteiger partial charge in [-0.25, -0.2) is 0 Å². The molecule has 2 heteroatoms. The van der Waals surface area contributed by atoms with Gasteiger partial charge in [-0.05, 0) is 0 Å². The van der Waals surface area contributed by atoms with Crippen molar-refractivity contribution in [3.63, 3.8) is 0 Å². The van der Waals surface area contributed by atoms with Crippen LogP contribution >= 0.6 is 0 Å². The Morgan fingerprint density at radius 2 is 0.737 bits per heavy atom. The maximum atomic E-state index is 2.53. The molecule has 38 heavy (non-hydrogen) atoms. The molecular weight excluding hydrogens is 590 g/mol. The second-order valence-electron chi connectivity index (χ2n) is 11.7. The molecule has 2 rings (SSSR count). The number of unbranched alkanes of at least 4 members (excludes halogenated alkanes) is 18. The van der Waals surface area contributed by atoms with Gasteiger partial charge >= 0.3 is 224 Å². The van der Waals surface area contributed by atoms with Crippen LogP contribution in [0.2, 0.25) is 0 Å². The summed E-state index contributed by atoms with van der Waals surface area (Å²) in [6.45, 7) is 9.31. The van der Waals surface area contributed by atoms with Crippen molar-refractivity contribution in [3.8, 4) is 0 Å². The Labute approximate surface area is 250 Å². The van der Waals surface area contributed by atoms with E-state index in [4.69, 9.17) is 0 Å². The fourth-order valence-corrected chi connectivity index (χ4v) is 9.70. The van der Waals surface area contributed by atoms with E-state index in [1.54, 1.807) is 28.9 Å². The van der Waals surface area contributed by atoms with Crippen LogP contribution in [0.4, 0.5) is 0 Å². The maximum absolute atomic E-state index is 2.53. The quantitative estimate of drug-likeness (QED) is 0.0783. The van der Waals surface area contributed by atoms with Crippen LogP contribution in [0.1, 0.15) is 171 Å². The molecule has 0 N–H and O–H groups in total. The van der Waals surface area contributed by atoms with Gasteiger partial charge in [0.1, 0.15) is 0 Å². The summed E-state index contributed by atoms with van der Waals surface area (Å²) in [4.78, 5) is 0. The van der Waals surface area contributed by atoms with E-state index in [2.05, 4.69) is 52.0 Å². The van der Waals surface area contributed by atoms with E-state index in [9.17, 15) is 0 Å². The monoisotopic (exact) mass is 652 g/mol. The molecular formula is C36H60Se2. The van der Waals surface area contributed by atoms with Gasteiger partial charge in [0.2, 0.25) is 0 Å². The zero-order chi connectivity index (χ0) is 27.3. The van der Waals surface area contributed by atoms with E-state index in [1.807, 2.05) is 0 Å². The average molecular weight is 651 g/mol. The van der Waals surface area contributed by atoms with Crippen molar-refractivity contribution in [1.82, 2.24) is 0 Å². The van der Waals surface area contributed by atoms with Crippen LogP contribution in [-0.2, 0) is 12.8 Å². The van der Waals surface area contributed by atoms with E-state index < -0.39 is 0 Å². The standard InChI is InChI=1S/C36H60Se2/c1-5-7-9-11-13-15-17-19-21-23-25-33-29-31(3)37-35(33)27-28-36-34(30-32(4)38-36)26-24-22-20-18-16-14-12-10-8-6-2/h27-30H,5-26H2,1-4H3/b28-27+. The number of aryl methyl sites for hydroxylation is 4. The molecule has 2 aromatic rings. The molecule has 2 aromatic heterocycles. The van der Waals surface area contributed by atoms with Gasteiger partial charge in [-0.3, -0.25) is 0 Å². The van der Waals surface area contributed by atoms with E-state index in [0.717, 1.165) is 0 Å². The second-order valence-corrected chi connectivity index (χ2v) is 17.1. The summed E-state index contributed by atoms with van der Waals surface area (Å²) in [5, 5.41) is 0. The Morgan fingerprint density at radius 3 is 1.05 bits per heavy atom. The number of hydrogen-bond acceptors (Lipinski definition) is 0. The molecule has 0 aliphatic carbocycles. The zero-order valence-corrected chi connectivity index (χ0v) is 29.1. The fourth-order valence-electron chi connectivity index (χ4n) is 5.60. The molecule has 0 amide bonds. The normalized spacial score (nSPS) is 11.8. The molecule has 0 spiro atoms. The molecule has 0 radical (unpaired) electrons. The molecule has 0 atom stereocenters. The first-order valence-corrected chi connectivity index (χ1v) is 19.9. The molecule has 0 aliphatic heterocycles. The first-order chi connectivity index (χ1) is 18.6. The molecule has 0 fully saturated rings. The molecule has 2 heterocycles. The summed E-state index contributed by atoms with van der Waals surface area (Å²) in [5.41, 5.74) is 3.32. The Morgan fingerprint density at radius 1 is 0.447 bits per heavy atom. The van der Waals surface area contributed by atoms with Gasteiger partial charge in [-0.2, -0.15) is 0 Å². The first-order valence-electron chi connectivity index (χ1n) is 16.5. The summed E-state index contributed by atoms with van der Waals surface area (Å²) >= 11 is 1.10. The van der Waals surface area contributed by atoms with Crippen LogP contribution in [0.25, 0.3) is 12.2 Å². The molecule has 0 aromatic carbocycles. The average Bonchev–Trinajstić information content (AvgIpc) is 3.45. The minimum atomic E-state index is 0.551. The van der Waals surface area contributed by atoms with Gasteiger partial charge in [0, 0.05) is 0 Å². The summed E-state index contributed by atoms with van der Waals surface area (Å²) in [5.74, 6) is 0. The van der Waals surface area contributed by atoms with Crippen LogP contribution in [0.15, 0.2) is 12.1 Å². The molecule has 0 nitrogen and oxygen atoms in total. The predicted octanol–water partition coefficient (Wildman–Crippen LogP) is 11.5. The van der Waals surface area contributed by atoms with E-state index >= 15 is 0 Å². The Hall–Kier alpha value is -0.261. The first kappa shape index (κ1) is 33.9. The molecule has 0 bridgehead atoms. The smallest absolute Gasteiger partial charge is 0.0654 e. The predicted molar refractivity (Wildman–Crippen MR) is 176 cm³/mol. The van der Waals surface area contributed by atoms with Crippen LogP contribution in [0.5, 0.6) is 0 Å². The minimum absolute atomic E-state index is 0.551. The molecule has 0 unspecified atom stereocenters. The fraction of sp³-hybridized carbons (Fsp3) is 0.722. The van der Waals surface area contributed by atoms with Gasteiger partial charge in [0.05, 0.1) is 0 Å². The van der Waals surface area contributed by atoms with Crippen LogP contribution in [-0.4, -0.2) is 29.0 Å². The Bertz CT molecular complexity index is 783. The van der Waals surface area contributed by atoms with Crippen LogP contribution in [0, 0.1) is 13.8 Å². The van der Waals surface area contributed by atoms with Crippen molar-refractivity contribution in [2.24, 2.45) is 0 Å². The Kier molecular flexibility index (Phi) is 20.0. The Balaban J connectivity index is 1.69. The topological polar surface area (TPSA) is 0 Å². The van der Waals surface area contributed by atoms with Gasteiger partial charge in [0.25, 0.3) is 0 Å². The van der Waals surface area contributed by atoms with Crippen LogP contribution < -0.4 is 0 Å². The summed E-state index contributed by atoms with van der Waals surface area (Å²) in [6, 6.07) is 5.05. The van der Waals surface area contributed by atoms with Crippen molar-refractivity contribution in [1.29, 1.82) is 0 Å². The third kappa shape index (κ3) is 15.5. The molecule has 0 saturated carbocycles. The number of rotatable bonds is 24. The molecule has 0 aliphatic rings. The van der Waals surface area contributed by atoms with Gasteiger partial charge < -0.3 is 0 Å². The number of hydrogen-bond donors (Lipinski definition) is 0. The molecule has 216 valence electrons. The van der Waals surface area contributed by atoms with Crippen LogP contribution in [0.3, 0.4) is 0 Å². The van der Waals surface area contributed by atoms with Crippen molar-refractivity contribution >= 4 is 41.2 Å². The zero-order valence-electron chi connectivity index (χ0n) is 25.7. The van der Waals surface area contributed by atoms with Crippen molar-refractivity contribution in [3.05, 3.63) is 41.0 Å². The van der Waals surface area contributed by atoms with Gasteiger partial charge in [-0.1, -0.05) is 26.7 Å². The summed E-state index contributed by atoms with van der Waals surface area (Å²) in [7, 11) is 0. The summed E-state index contributed by atoms with van der Waals surface area (Å²) < 4.78 is 6.56. The third-order valence-electron chi connectivity index (χ3n) is 7.92. The van der Waals surface area contributed by atoms with E-state index in [-0.39, 0.29) is 0 Å². The SMILES string of the molecule is CCCCCCCCCCCCc1cc(C)[se]c1/C=C/c1[se]c(C)cc1CCCCCCCCCCCC. The van der Waals surface area contributed by atoms with Gasteiger partial charge in [0.15, 0.2) is 0 Å². The van der Waals surface area contributed by atoms with E-state index in [0.29, 0.717) is 29.0 Å². The minimum Gasteiger partial charge on any atom is -0.0654 e. The van der Waals surface area contributed by atoms with Gasteiger partial charge in [-0.15, -0.1) is 0 Å². The second kappa shape index (κ2) is 22.4. The van der Waals surface area contributed by atoms with Crippen molar-refractivity contribution in [2.45, 2.75) is 169 Å². The van der Waals surface area contributed by atoms with Crippen molar-refractivity contribution < 1.29 is 0 Å². The molecule has 0 saturated heterocycles.